The highest BCUT2D eigenvalue weighted by molar-refractivity contribution is 4.74. The van der Waals surface area contributed by atoms with Crippen LogP contribution in [0.25, 0.3) is 0 Å². The standard InChI is InChI=1S/C16H33NO/c1-3-5-6-7-8-16(17-11-4-2)14-15-9-12-18-13-10-15/h15-17H,3-14H2,1-2H3. The Kier molecular flexibility index (Phi) is 9.59. The zero-order valence-electron chi connectivity index (χ0n) is 12.5. The van der Waals surface area contributed by atoms with Gasteiger partial charge in [0, 0.05) is 19.3 Å². The van der Waals surface area contributed by atoms with Crippen molar-refractivity contribution in [2.45, 2.75) is 77.7 Å². The quantitative estimate of drug-likeness (QED) is 0.592. The molecule has 0 aromatic carbocycles. The smallest absolute Gasteiger partial charge is 0.0468 e. The van der Waals surface area contributed by atoms with E-state index in [1.54, 1.807) is 0 Å². The summed E-state index contributed by atoms with van der Waals surface area (Å²) >= 11 is 0. The molecule has 1 saturated heterocycles. The summed E-state index contributed by atoms with van der Waals surface area (Å²) in [5.74, 6) is 0.902. The minimum absolute atomic E-state index is 0.755. The van der Waals surface area contributed by atoms with E-state index in [-0.39, 0.29) is 0 Å². The Hall–Kier alpha value is -0.0800. The van der Waals surface area contributed by atoms with E-state index in [0.29, 0.717) is 0 Å². The lowest BCUT2D eigenvalue weighted by Crippen LogP contribution is -2.33. The van der Waals surface area contributed by atoms with Crippen molar-refractivity contribution in [1.29, 1.82) is 0 Å². The molecule has 18 heavy (non-hydrogen) atoms. The summed E-state index contributed by atoms with van der Waals surface area (Å²) in [7, 11) is 0. The average Bonchev–Trinajstić information content (AvgIpc) is 2.41. The lowest BCUT2D eigenvalue weighted by Gasteiger charge is -2.27. The van der Waals surface area contributed by atoms with Crippen molar-refractivity contribution in [1.82, 2.24) is 5.32 Å². The number of nitrogens with one attached hydrogen (secondary N) is 1. The molecule has 1 fully saturated rings. The summed E-state index contributed by atoms with van der Waals surface area (Å²) in [6, 6.07) is 0.755. The van der Waals surface area contributed by atoms with Crippen molar-refractivity contribution < 1.29 is 4.74 Å². The molecule has 108 valence electrons. The van der Waals surface area contributed by atoms with Gasteiger partial charge < -0.3 is 10.1 Å². The highest BCUT2D eigenvalue weighted by atomic mass is 16.5. The van der Waals surface area contributed by atoms with Gasteiger partial charge in [0.05, 0.1) is 0 Å². The van der Waals surface area contributed by atoms with E-state index >= 15 is 0 Å². The molecule has 0 aromatic heterocycles. The molecule has 1 unspecified atom stereocenters. The monoisotopic (exact) mass is 255 g/mol. The normalized spacial score (nSPS) is 19.0. The molecule has 0 saturated carbocycles. The van der Waals surface area contributed by atoms with Crippen LogP contribution in [0.2, 0.25) is 0 Å². The average molecular weight is 255 g/mol. The first-order valence-electron chi connectivity index (χ1n) is 8.18. The highest BCUT2D eigenvalue weighted by Crippen LogP contribution is 2.22. The van der Waals surface area contributed by atoms with Crippen molar-refractivity contribution in [3.8, 4) is 0 Å². The molecular formula is C16H33NO. The topological polar surface area (TPSA) is 21.3 Å². The third-order valence-corrected chi connectivity index (χ3v) is 4.05. The van der Waals surface area contributed by atoms with Crippen LogP contribution in [0, 0.1) is 5.92 Å². The van der Waals surface area contributed by atoms with Gasteiger partial charge in [-0.25, -0.2) is 0 Å². The first-order valence-corrected chi connectivity index (χ1v) is 8.18. The summed E-state index contributed by atoms with van der Waals surface area (Å²) in [6.07, 6.45) is 12.1. The molecule has 1 N–H and O–H groups in total. The number of hydrogen-bond acceptors (Lipinski definition) is 2. The molecule has 1 heterocycles. The van der Waals surface area contributed by atoms with Crippen LogP contribution in [0.5, 0.6) is 0 Å². The Morgan fingerprint density at radius 1 is 1.06 bits per heavy atom. The second-order valence-electron chi connectivity index (χ2n) is 5.79. The van der Waals surface area contributed by atoms with Crippen LogP contribution in [-0.2, 0) is 4.74 Å². The van der Waals surface area contributed by atoms with Gasteiger partial charge >= 0.3 is 0 Å². The van der Waals surface area contributed by atoms with Crippen molar-refractivity contribution in [2.24, 2.45) is 5.92 Å². The van der Waals surface area contributed by atoms with E-state index < -0.39 is 0 Å². The Balaban J connectivity index is 2.20. The van der Waals surface area contributed by atoms with Crippen LogP contribution in [0.1, 0.15) is 71.6 Å². The van der Waals surface area contributed by atoms with E-state index in [4.69, 9.17) is 4.74 Å². The molecule has 1 aliphatic heterocycles. The molecule has 2 nitrogen and oxygen atoms in total. The minimum Gasteiger partial charge on any atom is -0.381 e. The van der Waals surface area contributed by atoms with Gasteiger partial charge in [0.1, 0.15) is 0 Å². The predicted octanol–water partition coefficient (Wildman–Crippen LogP) is 4.14. The van der Waals surface area contributed by atoms with Gasteiger partial charge in [-0.2, -0.15) is 0 Å². The van der Waals surface area contributed by atoms with E-state index in [0.717, 1.165) is 25.2 Å². The SMILES string of the molecule is CCCCCCC(CC1CCOCC1)NCCC. The van der Waals surface area contributed by atoms with Gasteiger partial charge in [0.15, 0.2) is 0 Å². The maximum Gasteiger partial charge on any atom is 0.0468 e. The van der Waals surface area contributed by atoms with Gasteiger partial charge in [-0.3, -0.25) is 0 Å². The fourth-order valence-electron chi connectivity index (χ4n) is 2.85. The van der Waals surface area contributed by atoms with Gasteiger partial charge in [-0.05, 0) is 44.6 Å². The molecule has 0 aromatic rings. The zero-order chi connectivity index (χ0) is 13.1. The van der Waals surface area contributed by atoms with Crippen molar-refractivity contribution >= 4 is 0 Å². The number of rotatable bonds is 10. The third kappa shape index (κ3) is 7.38. The Labute approximate surface area is 114 Å². The van der Waals surface area contributed by atoms with E-state index in [9.17, 15) is 0 Å². The van der Waals surface area contributed by atoms with Crippen LogP contribution in [-0.4, -0.2) is 25.8 Å². The third-order valence-electron chi connectivity index (χ3n) is 4.05. The highest BCUT2D eigenvalue weighted by Gasteiger charge is 2.18. The van der Waals surface area contributed by atoms with Crippen LogP contribution in [0.3, 0.4) is 0 Å². The second-order valence-corrected chi connectivity index (χ2v) is 5.79. The van der Waals surface area contributed by atoms with Crippen LogP contribution in [0.15, 0.2) is 0 Å². The molecule has 0 aliphatic carbocycles. The molecule has 1 atom stereocenters. The van der Waals surface area contributed by atoms with Crippen molar-refractivity contribution in [2.75, 3.05) is 19.8 Å². The fraction of sp³-hybridized carbons (Fsp3) is 1.00. The largest absolute Gasteiger partial charge is 0.381 e. The fourth-order valence-corrected chi connectivity index (χ4v) is 2.85. The molecular weight excluding hydrogens is 222 g/mol. The molecule has 0 radical (unpaired) electrons. The van der Waals surface area contributed by atoms with Crippen LogP contribution < -0.4 is 5.32 Å². The van der Waals surface area contributed by atoms with Gasteiger partial charge in [0.25, 0.3) is 0 Å². The summed E-state index contributed by atoms with van der Waals surface area (Å²) in [5, 5.41) is 3.75. The number of unbranched alkanes of at least 4 members (excludes halogenated alkanes) is 3. The van der Waals surface area contributed by atoms with Gasteiger partial charge in [-0.1, -0.05) is 39.5 Å². The summed E-state index contributed by atoms with van der Waals surface area (Å²) in [6.45, 7) is 7.70. The molecule has 1 rings (SSSR count). The number of hydrogen-bond donors (Lipinski definition) is 1. The molecule has 0 amide bonds. The lowest BCUT2D eigenvalue weighted by atomic mass is 9.90. The lowest BCUT2D eigenvalue weighted by molar-refractivity contribution is 0.0601. The van der Waals surface area contributed by atoms with E-state index in [1.807, 2.05) is 0 Å². The predicted molar refractivity (Wildman–Crippen MR) is 79.0 cm³/mol. The summed E-state index contributed by atoms with van der Waals surface area (Å²) < 4.78 is 5.46. The number of ether oxygens (including phenoxy) is 1. The van der Waals surface area contributed by atoms with Crippen molar-refractivity contribution in [3.05, 3.63) is 0 Å². The van der Waals surface area contributed by atoms with Gasteiger partial charge in [0.2, 0.25) is 0 Å². The van der Waals surface area contributed by atoms with Crippen LogP contribution >= 0.6 is 0 Å². The maximum atomic E-state index is 5.46. The Morgan fingerprint density at radius 3 is 2.50 bits per heavy atom. The first-order chi connectivity index (χ1) is 8.86. The van der Waals surface area contributed by atoms with E-state index in [1.165, 1.54) is 64.3 Å². The summed E-state index contributed by atoms with van der Waals surface area (Å²) in [4.78, 5) is 0. The maximum absolute atomic E-state index is 5.46. The van der Waals surface area contributed by atoms with E-state index in [2.05, 4.69) is 19.2 Å². The molecule has 0 bridgehead atoms. The molecule has 0 spiro atoms. The first kappa shape index (κ1) is 16.0. The second kappa shape index (κ2) is 10.8. The molecule has 2 heteroatoms. The van der Waals surface area contributed by atoms with Crippen molar-refractivity contribution in [3.63, 3.8) is 0 Å². The Morgan fingerprint density at radius 2 is 1.83 bits per heavy atom. The van der Waals surface area contributed by atoms with Crippen LogP contribution in [0.4, 0.5) is 0 Å². The zero-order valence-corrected chi connectivity index (χ0v) is 12.5. The molecule has 1 aliphatic rings. The summed E-state index contributed by atoms with van der Waals surface area (Å²) in [5.41, 5.74) is 0. The van der Waals surface area contributed by atoms with Gasteiger partial charge in [-0.15, -0.1) is 0 Å². The minimum atomic E-state index is 0.755. The Bertz CT molecular complexity index is 178.